The molecule has 0 spiro atoms. The summed E-state index contributed by atoms with van der Waals surface area (Å²) in [5.41, 5.74) is 5.74. The Morgan fingerprint density at radius 3 is 2.68 bits per heavy atom. The summed E-state index contributed by atoms with van der Waals surface area (Å²) in [5.74, 6) is -1.67. The van der Waals surface area contributed by atoms with E-state index in [1.807, 2.05) is 6.92 Å². The van der Waals surface area contributed by atoms with Gasteiger partial charge in [0.25, 0.3) is 0 Å². The maximum atomic E-state index is 13.6. The van der Waals surface area contributed by atoms with Crippen molar-refractivity contribution in [1.29, 1.82) is 0 Å². The fourth-order valence-corrected chi connectivity index (χ4v) is 3.80. The molecule has 106 valence electrons. The van der Waals surface area contributed by atoms with Crippen LogP contribution in [0.1, 0.15) is 13.3 Å². The van der Waals surface area contributed by atoms with E-state index in [4.69, 9.17) is 5.73 Å². The quantitative estimate of drug-likeness (QED) is 0.913. The fraction of sp³-hybridized carbons (Fsp3) is 0.500. The number of hydrogen-bond acceptors (Lipinski definition) is 3. The van der Waals surface area contributed by atoms with Crippen LogP contribution in [0, 0.1) is 17.6 Å². The topological polar surface area (TPSA) is 63.4 Å². The molecule has 7 heteroatoms. The van der Waals surface area contributed by atoms with E-state index in [0.29, 0.717) is 12.5 Å². The molecule has 1 aliphatic rings. The van der Waals surface area contributed by atoms with Crippen LogP contribution in [0.3, 0.4) is 0 Å². The Balaban J connectivity index is 2.31. The van der Waals surface area contributed by atoms with E-state index in [1.54, 1.807) is 0 Å². The van der Waals surface area contributed by atoms with Crippen molar-refractivity contribution in [3.05, 3.63) is 29.8 Å². The first-order valence-electron chi connectivity index (χ1n) is 6.03. The number of nitrogens with two attached hydrogens (primary N) is 1. The second kappa shape index (κ2) is 5.15. The highest BCUT2D eigenvalue weighted by atomic mass is 32.2. The highest BCUT2D eigenvalue weighted by Gasteiger charge is 2.35. The molecule has 0 bridgehead atoms. The van der Waals surface area contributed by atoms with E-state index in [1.165, 1.54) is 4.31 Å². The lowest BCUT2D eigenvalue weighted by Crippen LogP contribution is -2.33. The van der Waals surface area contributed by atoms with Gasteiger partial charge in [0.2, 0.25) is 10.0 Å². The summed E-state index contributed by atoms with van der Waals surface area (Å²) >= 11 is 0. The Labute approximate surface area is 111 Å². The minimum Gasteiger partial charge on any atom is -0.328 e. The van der Waals surface area contributed by atoms with Gasteiger partial charge in [0.15, 0.2) is 0 Å². The van der Waals surface area contributed by atoms with Crippen molar-refractivity contribution < 1.29 is 17.2 Å². The zero-order valence-corrected chi connectivity index (χ0v) is 11.3. The van der Waals surface area contributed by atoms with Gasteiger partial charge in [-0.15, -0.1) is 0 Å². The molecule has 19 heavy (non-hydrogen) atoms. The predicted octanol–water partition coefficient (Wildman–Crippen LogP) is 1.32. The minimum atomic E-state index is -4.00. The number of sulfonamides is 1. The number of hydrogen-bond donors (Lipinski definition) is 1. The van der Waals surface area contributed by atoms with E-state index in [9.17, 15) is 17.2 Å². The average molecular weight is 290 g/mol. The maximum Gasteiger partial charge on any atom is 0.246 e. The largest absolute Gasteiger partial charge is 0.328 e. The van der Waals surface area contributed by atoms with E-state index in [-0.39, 0.29) is 25.0 Å². The molecule has 2 rings (SSSR count). The molecule has 0 radical (unpaired) electrons. The summed E-state index contributed by atoms with van der Waals surface area (Å²) in [6.45, 7) is 2.34. The summed E-state index contributed by atoms with van der Waals surface area (Å²) in [5, 5.41) is 0. The van der Waals surface area contributed by atoms with Gasteiger partial charge < -0.3 is 5.73 Å². The first kappa shape index (κ1) is 14.4. The van der Waals surface area contributed by atoms with Crippen molar-refractivity contribution in [3.63, 3.8) is 0 Å². The predicted molar refractivity (Wildman–Crippen MR) is 66.9 cm³/mol. The molecular weight excluding hydrogens is 274 g/mol. The summed E-state index contributed by atoms with van der Waals surface area (Å²) < 4.78 is 52.4. The van der Waals surface area contributed by atoms with Crippen LogP contribution in [0.4, 0.5) is 8.78 Å². The van der Waals surface area contributed by atoms with Crippen LogP contribution in [0.5, 0.6) is 0 Å². The van der Waals surface area contributed by atoms with Crippen LogP contribution in [0.25, 0.3) is 0 Å². The molecule has 2 atom stereocenters. The van der Waals surface area contributed by atoms with Crippen molar-refractivity contribution in [2.45, 2.75) is 24.3 Å². The first-order valence-corrected chi connectivity index (χ1v) is 7.47. The molecule has 1 fully saturated rings. The van der Waals surface area contributed by atoms with Crippen molar-refractivity contribution in [3.8, 4) is 0 Å². The van der Waals surface area contributed by atoms with Gasteiger partial charge in [-0.1, -0.05) is 0 Å². The average Bonchev–Trinajstić information content (AvgIpc) is 2.82. The Morgan fingerprint density at radius 1 is 1.42 bits per heavy atom. The van der Waals surface area contributed by atoms with Crippen molar-refractivity contribution in [2.75, 3.05) is 13.1 Å². The summed E-state index contributed by atoms with van der Waals surface area (Å²) in [6, 6.07) is 2.30. The van der Waals surface area contributed by atoms with Gasteiger partial charge in [0.1, 0.15) is 16.5 Å². The van der Waals surface area contributed by atoms with Crippen LogP contribution in [0.2, 0.25) is 0 Å². The highest BCUT2D eigenvalue weighted by Crippen LogP contribution is 2.27. The molecule has 0 aliphatic carbocycles. The van der Waals surface area contributed by atoms with Crippen LogP contribution in [0.15, 0.2) is 23.1 Å². The highest BCUT2D eigenvalue weighted by molar-refractivity contribution is 7.89. The normalized spacial score (nSPS) is 22.6. The van der Waals surface area contributed by atoms with Gasteiger partial charge in [-0.3, -0.25) is 0 Å². The molecule has 0 amide bonds. The Hall–Kier alpha value is -1.05. The van der Waals surface area contributed by atoms with Gasteiger partial charge in [-0.05, 0) is 37.5 Å². The molecule has 4 nitrogen and oxygen atoms in total. The third-order valence-corrected chi connectivity index (χ3v) is 5.32. The maximum absolute atomic E-state index is 13.6. The van der Waals surface area contributed by atoms with Gasteiger partial charge in [0.05, 0.1) is 0 Å². The second-order valence-electron chi connectivity index (χ2n) is 4.85. The summed E-state index contributed by atoms with van der Waals surface area (Å²) in [6.07, 6.45) is 0.633. The van der Waals surface area contributed by atoms with E-state index >= 15 is 0 Å². The smallest absolute Gasteiger partial charge is 0.246 e. The molecule has 1 aromatic carbocycles. The molecule has 2 N–H and O–H groups in total. The lowest BCUT2D eigenvalue weighted by molar-refractivity contribution is 0.425. The van der Waals surface area contributed by atoms with E-state index in [0.717, 1.165) is 12.1 Å². The van der Waals surface area contributed by atoms with Gasteiger partial charge in [-0.25, -0.2) is 17.2 Å². The number of rotatable bonds is 3. The van der Waals surface area contributed by atoms with Gasteiger partial charge in [-0.2, -0.15) is 4.31 Å². The van der Waals surface area contributed by atoms with Crippen molar-refractivity contribution in [1.82, 2.24) is 4.31 Å². The van der Waals surface area contributed by atoms with Crippen LogP contribution >= 0.6 is 0 Å². The summed E-state index contributed by atoms with van der Waals surface area (Å²) in [7, 11) is -4.00. The fourth-order valence-electron chi connectivity index (χ4n) is 2.22. The Kier molecular flexibility index (Phi) is 3.89. The molecule has 1 aromatic rings. The third-order valence-electron chi connectivity index (χ3n) is 3.44. The SMILES string of the molecule is CC(N)C1CCN(S(=O)(=O)c2cc(F)ccc2F)C1. The van der Waals surface area contributed by atoms with Crippen molar-refractivity contribution >= 4 is 10.0 Å². The minimum absolute atomic E-state index is 0.0476. The number of nitrogens with zero attached hydrogens (tertiary/aromatic N) is 1. The van der Waals surface area contributed by atoms with Crippen LogP contribution in [-0.4, -0.2) is 31.9 Å². The third kappa shape index (κ3) is 2.77. The molecule has 1 saturated heterocycles. The molecular formula is C12H16F2N2O2S. The van der Waals surface area contributed by atoms with Crippen LogP contribution < -0.4 is 5.73 Å². The van der Waals surface area contributed by atoms with E-state index < -0.39 is 26.6 Å². The van der Waals surface area contributed by atoms with Gasteiger partial charge >= 0.3 is 0 Å². The van der Waals surface area contributed by atoms with Crippen molar-refractivity contribution in [2.24, 2.45) is 11.7 Å². The second-order valence-corrected chi connectivity index (χ2v) is 6.75. The van der Waals surface area contributed by atoms with Gasteiger partial charge in [0, 0.05) is 19.1 Å². The Morgan fingerprint density at radius 2 is 2.11 bits per heavy atom. The molecule has 0 saturated carbocycles. The lowest BCUT2D eigenvalue weighted by atomic mass is 10.0. The zero-order valence-electron chi connectivity index (χ0n) is 10.5. The zero-order chi connectivity index (χ0) is 14.2. The molecule has 1 aliphatic heterocycles. The van der Waals surface area contributed by atoms with E-state index in [2.05, 4.69) is 0 Å². The molecule has 0 aromatic heterocycles. The molecule has 1 heterocycles. The Bertz CT molecular complexity index is 575. The monoisotopic (exact) mass is 290 g/mol. The first-order chi connectivity index (χ1) is 8.82. The molecule has 2 unspecified atom stereocenters. The lowest BCUT2D eigenvalue weighted by Gasteiger charge is -2.18. The summed E-state index contributed by atoms with van der Waals surface area (Å²) in [4.78, 5) is -0.613. The number of benzene rings is 1. The van der Waals surface area contributed by atoms with Crippen LogP contribution in [-0.2, 0) is 10.0 Å². The standard InChI is InChI=1S/C12H16F2N2O2S/c1-8(15)9-4-5-16(7-9)19(17,18)12-6-10(13)2-3-11(12)14/h2-3,6,8-9H,4-5,7,15H2,1H3. The number of halogens is 2.